The second kappa shape index (κ2) is 17.9. The molecule has 1 atom stereocenters. The van der Waals surface area contributed by atoms with E-state index in [1.807, 2.05) is 24.5 Å². The van der Waals surface area contributed by atoms with E-state index in [0.717, 1.165) is 79.2 Å². The van der Waals surface area contributed by atoms with Gasteiger partial charge in [-0.15, -0.1) is 5.10 Å². The van der Waals surface area contributed by atoms with Gasteiger partial charge in [-0.25, -0.2) is 14.6 Å². The number of fused-ring (bicyclic) bond motifs is 2. The number of imide groups is 2. The molecule has 5 aromatic rings. The smallest absolute Gasteiger partial charge is 0.270 e. The maximum atomic E-state index is 13.3. The molecule has 3 aliphatic heterocycles. The SMILES string of the molecule is CN(C)C(=O)c1cc2cnc(Nc3ccc(N4CCN(Cc5cn(CCOCCNc6cccc7c6C(=O)N(C6CCC(=O)NC6=O)C7=O)nn5)CC4)cn3)nc2n1C1CCCC1. The number of hydrogen-bond acceptors (Lipinski definition) is 15. The van der Waals surface area contributed by atoms with Crippen molar-refractivity contribution in [2.45, 2.75) is 63.7 Å². The van der Waals surface area contributed by atoms with Gasteiger partial charge in [0.15, 0.2) is 0 Å². The molecule has 328 valence electrons. The van der Waals surface area contributed by atoms with Crippen molar-refractivity contribution >= 4 is 63.7 Å². The van der Waals surface area contributed by atoms with Crippen LogP contribution in [0.4, 0.5) is 23.1 Å². The summed E-state index contributed by atoms with van der Waals surface area (Å²) in [6, 6.07) is 10.1. The number of nitrogens with one attached hydrogen (secondary N) is 3. The van der Waals surface area contributed by atoms with E-state index in [-0.39, 0.29) is 35.9 Å². The van der Waals surface area contributed by atoms with E-state index < -0.39 is 29.7 Å². The molecule has 4 aromatic heterocycles. The van der Waals surface area contributed by atoms with Gasteiger partial charge < -0.3 is 29.7 Å². The van der Waals surface area contributed by atoms with Gasteiger partial charge in [0.2, 0.25) is 17.8 Å². The Balaban J connectivity index is 0.707. The van der Waals surface area contributed by atoms with Crippen molar-refractivity contribution in [2.24, 2.45) is 0 Å². The molecule has 4 aliphatic rings. The molecule has 20 heteroatoms. The number of benzene rings is 1. The summed E-state index contributed by atoms with van der Waals surface area (Å²) < 4.78 is 9.69. The molecule has 0 bridgehead atoms. The highest BCUT2D eigenvalue weighted by Crippen LogP contribution is 2.35. The first-order chi connectivity index (χ1) is 30.6. The van der Waals surface area contributed by atoms with Crippen LogP contribution < -0.4 is 20.9 Å². The molecule has 1 saturated carbocycles. The number of carbonyl (C=O) groups is 5. The molecule has 2 saturated heterocycles. The Labute approximate surface area is 363 Å². The Bertz CT molecular complexity index is 2540. The lowest BCUT2D eigenvalue weighted by Crippen LogP contribution is -2.54. The first-order valence-electron chi connectivity index (χ1n) is 21.5. The second-order valence-corrected chi connectivity index (χ2v) is 16.5. The Hall–Kier alpha value is -6.80. The summed E-state index contributed by atoms with van der Waals surface area (Å²) in [5, 5.41) is 18.2. The topological polar surface area (TPSA) is 218 Å². The monoisotopic (exact) mass is 858 g/mol. The second-order valence-electron chi connectivity index (χ2n) is 16.5. The van der Waals surface area contributed by atoms with E-state index in [0.29, 0.717) is 56.0 Å². The number of piperazine rings is 1. The van der Waals surface area contributed by atoms with Crippen LogP contribution in [0.25, 0.3) is 11.0 Å². The van der Waals surface area contributed by atoms with Crippen molar-refractivity contribution in [3.63, 3.8) is 0 Å². The minimum absolute atomic E-state index is 0.0395. The largest absolute Gasteiger partial charge is 0.382 e. The van der Waals surface area contributed by atoms with E-state index >= 15 is 0 Å². The van der Waals surface area contributed by atoms with E-state index in [2.05, 4.69) is 56.7 Å². The minimum atomic E-state index is -1.02. The molecule has 7 heterocycles. The van der Waals surface area contributed by atoms with E-state index in [1.54, 1.807) is 48.1 Å². The Kier molecular flexibility index (Phi) is 11.8. The van der Waals surface area contributed by atoms with Crippen molar-refractivity contribution in [3.8, 4) is 0 Å². The average molecular weight is 859 g/mol. The lowest BCUT2D eigenvalue weighted by Gasteiger charge is -2.35. The lowest BCUT2D eigenvalue weighted by molar-refractivity contribution is -0.136. The van der Waals surface area contributed by atoms with E-state index in [1.165, 1.54) is 0 Å². The molecule has 63 heavy (non-hydrogen) atoms. The maximum Gasteiger partial charge on any atom is 0.270 e. The summed E-state index contributed by atoms with van der Waals surface area (Å²) in [5.41, 5.74) is 4.23. The van der Waals surface area contributed by atoms with Gasteiger partial charge >= 0.3 is 0 Å². The molecule has 3 fully saturated rings. The molecule has 5 amide bonds. The van der Waals surface area contributed by atoms with Crippen LogP contribution in [-0.2, 0) is 27.4 Å². The number of pyridine rings is 1. The number of rotatable bonds is 15. The summed E-state index contributed by atoms with van der Waals surface area (Å²) in [6.45, 7) is 5.71. The molecule has 1 unspecified atom stereocenters. The summed E-state index contributed by atoms with van der Waals surface area (Å²) in [7, 11) is 3.54. The third-order valence-corrected chi connectivity index (χ3v) is 12.1. The zero-order valence-corrected chi connectivity index (χ0v) is 35.3. The summed E-state index contributed by atoms with van der Waals surface area (Å²) in [5.74, 6) is -1.13. The number of nitrogens with zero attached hydrogens (tertiary/aromatic N) is 11. The van der Waals surface area contributed by atoms with Crippen LogP contribution in [0.1, 0.15) is 81.5 Å². The number of piperidine rings is 1. The molecular formula is C43H50N14O6. The van der Waals surface area contributed by atoms with E-state index in [4.69, 9.17) is 9.72 Å². The van der Waals surface area contributed by atoms with Gasteiger partial charge in [-0.1, -0.05) is 24.1 Å². The first kappa shape index (κ1) is 41.5. The zero-order chi connectivity index (χ0) is 43.6. The zero-order valence-electron chi connectivity index (χ0n) is 35.3. The van der Waals surface area contributed by atoms with Crippen LogP contribution >= 0.6 is 0 Å². The van der Waals surface area contributed by atoms with Crippen LogP contribution in [0, 0.1) is 0 Å². The van der Waals surface area contributed by atoms with Crippen molar-refractivity contribution in [3.05, 3.63) is 77.5 Å². The summed E-state index contributed by atoms with van der Waals surface area (Å²) in [4.78, 5) is 84.8. The van der Waals surface area contributed by atoms with E-state index in [9.17, 15) is 24.0 Å². The van der Waals surface area contributed by atoms with Crippen LogP contribution in [0.2, 0.25) is 0 Å². The quantitative estimate of drug-likeness (QED) is 0.102. The number of hydrogen-bond donors (Lipinski definition) is 3. The number of carbonyl (C=O) groups excluding carboxylic acids is 5. The average Bonchev–Trinajstić information content (AvgIpc) is 4.10. The number of anilines is 4. The summed E-state index contributed by atoms with van der Waals surface area (Å²) in [6.07, 6.45) is 10.1. The Morgan fingerprint density at radius 2 is 1.78 bits per heavy atom. The highest BCUT2D eigenvalue weighted by molar-refractivity contribution is 6.25. The van der Waals surface area contributed by atoms with Crippen molar-refractivity contribution in [1.29, 1.82) is 0 Å². The molecule has 0 spiro atoms. The van der Waals surface area contributed by atoms with Crippen LogP contribution in [0.15, 0.2) is 55.0 Å². The fraction of sp³-hybridized carbons (Fsp3) is 0.442. The number of aromatic nitrogens is 7. The maximum absolute atomic E-state index is 13.3. The van der Waals surface area contributed by atoms with Gasteiger partial charge in [0, 0.05) is 89.3 Å². The minimum Gasteiger partial charge on any atom is -0.382 e. The highest BCUT2D eigenvalue weighted by Gasteiger charge is 2.45. The summed E-state index contributed by atoms with van der Waals surface area (Å²) >= 11 is 0. The first-order valence-corrected chi connectivity index (χ1v) is 21.5. The van der Waals surface area contributed by atoms with Gasteiger partial charge in [-0.3, -0.25) is 39.1 Å². The van der Waals surface area contributed by atoms with Gasteiger partial charge in [-0.05, 0) is 49.6 Å². The van der Waals surface area contributed by atoms with Gasteiger partial charge in [0.25, 0.3) is 17.7 Å². The molecule has 9 rings (SSSR count). The molecule has 1 aliphatic carbocycles. The third-order valence-electron chi connectivity index (χ3n) is 12.1. The van der Waals surface area contributed by atoms with Crippen LogP contribution in [0.3, 0.4) is 0 Å². The Morgan fingerprint density at radius 1 is 0.952 bits per heavy atom. The molecule has 0 radical (unpaired) electrons. The lowest BCUT2D eigenvalue weighted by atomic mass is 10.0. The predicted molar refractivity (Wildman–Crippen MR) is 231 cm³/mol. The molecular weight excluding hydrogens is 809 g/mol. The van der Waals surface area contributed by atoms with Crippen LogP contribution in [0.5, 0.6) is 0 Å². The fourth-order valence-electron chi connectivity index (χ4n) is 8.85. The number of ether oxygens (including phenoxy) is 1. The van der Waals surface area contributed by atoms with Crippen LogP contribution in [-0.4, -0.2) is 145 Å². The van der Waals surface area contributed by atoms with Crippen molar-refractivity contribution in [1.82, 2.24) is 54.5 Å². The molecule has 3 N–H and O–H groups in total. The normalized spacial score (nSPS) is 18.3. The standard InChI is InChI=1S/C43H50N14O6/c1-52(2)41(61)34-22-27-23-46-43(49-38(27)56(34)29-6-3-4-7-29)47-35-12-10-30(24-45-35)54-17-15-53(16-18-54)25-28-26-55(51-50-28)19-21-63-20-14-44-32-9-5-8-31-37(32)42(62)57(40(31)60)33-11-13-36(58)48-39(33)59/h5,8-10,12,22-24,26,29,33,44H,3-4,6-7,11,13-21,25H2,1-2H3,(H,48,58,59)(H,45,46,47,49). The third kappa shape index (κ3) is 8.67. The van der Waals surface area contributed by atoms with Gasteiger partial charge in [0.1, 0.15) is 23.2 Å². The van der Waals surface area contributed by atoms with Gasteiger partial charge in [0.05, 0.1) is 48.5 Å². The van der Waals surface area contributed by atoms with Crippen molar-refractivity contribution in [2.75, 3.05) is 75.6 Å². The predicted octanol–water partition coefficient (Wildman–Crippen LogP) is 2.83. The molecule has 20 nitrogen and oxygen atoms in total. The Morgan fingerprint density at radius 3 is 2.54 bits per heavy atom. The fourth-order valence-corrected chi connectivity index (χ4v) is 8.85. The number of amides is 5. The highest BCUT2D eigenvalue weighted by atomic mass is 16.5. The van der Waals surface area contributed by atoms with Gasteiger partial charge in [-0.2, -0.15) is 4.98 Å². The van der Waals surface area contributed by atoms with Crippen molar-refractivity contribution < 1.29 is 28.7 Å². The molecule has 1 aromatic carbocycles.